The van der Waals surface area contributed by atoms with Crippen LogP contribution in [0.25, 0.3) is 5.14 Å². The summed E-state index contributed by atoms with van der Waals surface area (Å²) in [5.41, 5.74) is 0.758. The minimum atomic E-state index is -4.23. The maximum atomic E-state index is 10.9. The summed E-state index contributed by atoms with van der Waals surface area (Å²) in [6.45, 7) is -0.200. The predicted octanol–water partition coefficient (Wildman–Crippen LogP) is -0.275. The summed E-state index contributed by atoms with van der Waals surface area (Å²) in [4.78, 5) is 0. The van der Waals surface area contributed by atoms with Crippen molar-refractivity contribution in [3.63, 3.8) is 0 Å². The first-order valence-corrected chi connectivity index (χ1v) is 7.98. The van der Waals surface area contributed by atoms with E-state index in [9.17, 15) is 8.42 Å². The van der Waals surface area contributed by atoms with E-state index in [-0.39, 0.29) is 36.2 Å². The Bertz CT molecular complexity index is 600. The minimum absolute atomic E-state index is 0. The summed E-state index contributed by atoms with van der Waals surface area (Å²) in [7, 11) is -4.23. The van der Waals surface area contributed by atoms with E-state index in [0.29, 0.717) is 5.75 Å². The van der Waals surface area contributed by atoms with E-state index >= 15 is 0 Å². The van der Waals surface area contributed by atoms with Gasteiger partial charge in [0.1, 0.15) is 11.9 Å². The van der Waals surface area contributed by atoms with Crippen LogP contribution in [0.15, 0.2) is 24.3 Å². The third-order valence-electron chi connectivity index (χ3n) is 3.66. The Labute approximate surface area is 146 Å². The molecule has 1 aromatic rings. The van der Waals surface area contributed by atoms with Crippen LogP contribution in [0.2, 0.25) is 0 Å². The Balaban J connectivity index is 0.00000161. The molecule has 0 radical (unpaired) electrons. The van der Waals surface area contributed by atoms with Gasteiger partial charge < -0.3 is 14.6 Å². The normalized spacial score (nSPS) is 23.2. The Hall–Kier alpha value is -0.150. The van der Waals surface area contributed by atoms with Crippen molar-refractivity contribution in [1.29, 1.82) is 0 Å². The average molecular weight is 321 g/mol. The molecule has 1 aromatic carbocycles. The first-order chi connectivity index (χ1) is 9.48. The average Bonchev–Trinajstić information content (AvgIpc) is 2.83. The summed E-state index contributed by atoms with van der Waals surface area (Å²) in [5, 5.41) is 6.80. The predicted molar refractivity (Wildman–Crippen MR) is 71.3 cm³/mol. The molecule has 1 saturated carbocycles. The number of rotatable bonds is 3. The second-order valence-corrected chi connectivity index (χ2v) is 6.25. The molecule has 0 saturated heterocycles. The number of hydrogen-bond acceptors (Lipinski definition) is 5. The molecule has 0 unspecified atom stereocenters. The van der Waals surface area contributed by atoms with Crippen LogP contribution in [0, 0.1) is 0 Å². The monoisotopic (exact) mass is 321 g/mol. The number of ether oxygens (including phenoxy) is 2. The minimum Gasteiger partial charge on any atom is -0.540 e. The molecule has 1 spiro atoms. The van der Waals surface area contributed by atoms with Gasteiger partial charge in [-0.1, -0.05) is 18.2 Å². The third kappa shape index (κ3) is 3.98. The molecule has 1 atom stereocenters. The number of fused-ring (bicyclic) bond motifs is 1. The van der Waals surface area contributed by atoms with Crippen molar-refractivity contribution >= 4 is 10.3 Å². The molecule has 21 heavy (non-hydrogen) atoms. The molecule has 0 aromatic heterocycles. The van der Waals surface area contributed by atoms with E-state index in [2.05, 4.69) is 4.18 Å². The topological polar surface area (TPSA) is 85.6 Å². The number of para-hydroxylation sites is 1. The molecular weight excluding hydrogens is 305 g/mol. The van der Waals surface area contributed by atoms with E-state index in [1.54, 1.807) is 0 Å². The molecule has 1 heterocycles. The molecule has 110 valence electrons. The van der Waals surface area contributed by atoms with Crippen LogP contribution < -0.4 is 34.3 Å². The van der Waals surface area contributed by atoms with Gasteiger partial charge >= 0.3 is 29.6 Å². The van der Waals surface area contributed by atoms with Crippen molar-refractivity contribution in [2.45, 2.75) is 37.6 Å². The Morgan fingerprint density at radius 3 is 2.62 bits per heavy atom. The van der Waals surface area contributed by atoms with Crippen molar-refractivity contribution in [2.24, 2.45) is 0 Å². The third-order valence-corrected chi connectivity index (χ3v) is 4.11. The van der Waals surface area contributed by atoms with Crippen LogP contribution >= 0.6 is 0 Å². The summed E-state index contributed by atoms with van der Waals surface area (Å²) in [6, 6.07) is 7.37. The van der Waals surface area contributed by atoms with Crippen molar-refractivity contribution in [1.82, 2.24) is 0 Å². The molecule has 1 N–H and O–H groups in total. The first-order valence-electron chi connectivity index (χ1n) is 6.57. The number of benzene rings is 1. The zero-order valence-electron chi connectivity index (χ0n) is 11.9. The van der Waals surface area contributed by atoms with Crippen LogP contribution in [0.5, 0.6) is 5.75 Å². The first kappa shape index (κ1) is 17.2. The van der Waals surface area contributed by atoms with E-state index in [0.717, 1.165) is 31.2 Å². The van der Waals surface area contributed by atoms with E-state index in [1.165, 1.54) is 0 Å². The van der Waals surface area contributed by atoms with Gasteiger partial charge in [0.2, 0.25) is 5.79 Å². The second-order valence-electron chi connectivity index (χ2n) is 5.10. The molecule has 1 fully saturated rings. The molecule has 6 nitrogen and oxygen atoms in total. The molecule has 0 amide bonds. The largest absolute Gasteiger partial charge is 1.00 e. The van der Waals surface area contributed by atoms with Gasteiger partial charge in [-0.05, 0) is 18.9 Å². The maximum absolute atomic E-state index is 10.9. The van der Waals surface area contributed by atoms with Gasteiger partial charge in [-0.25, -0.2) is 8.42 Å². The fraction of sp³-hybridized carbons (Fsp3) is 0.538. The maximum Gasteiger partial charge on any atom is 1.00 e. The molecule has 1 aliphatic carbocycles. The van der Waals surface area contributed by atoms with Gasteiger partial charge in [0.05, 0.1) is 6.61 Å². The van der Waals surface area contributed by atoms with Crippen molar-refractivity contribution in [3.05, 3.63) is 35.0 Å². The van der Waals surface area contributed by atoms with Crippen molar-refractivity contribution < 1.29 is 51.6 Å². The smallest absolute Gasteiger partial charge is 0.540 e. The number of nitrogens with one attached hydrogen (secondary N) is 1. The fourth-order valence-electron chi connectivity index (χ4n) is 2.80. The van der Waals surface area contributed by atoms with Gasteiger partial charge in [0.25, 0.3) is 0 Å². The fourth-order valence-corrected chi connectivity index (χ4v) is 3.10. The summed E-state index contributed by atoms with van der Waals surface area (Å²) in [6.07, 6.45) is 3.08. The molecule has 0 bridgehead atoms. The SMILES string of the molecule is [NH-]S(=O)(=O)OC[C@@H]1OC2(CCCC2)Oc2ccccc21.[Na+]. The van der Waals surface area contributed by atoms with Crippen LogP contribution in [-0.2, 0) is 19.2 Å². The second kappa shape index (κ2) is 6.54. The van der Waals surface area contributed by atoms with Crippen LogP contribution in [0.1, 0.15) is 37.4 Å². The van der Waals surface area contributed by atoms with E-state index in [1.807, 2.05) is 24.3 Å². The van der Waals surface area contributed by atoms with Gasteiger partial charge in [-0.3, -0.25) is 4.18 Å². The van der Waals surface area contributed by atoms with Crippen molar-refractivity contribution in [2.75, 3.05) is 6.61 Å². The molecule has 3 rings (SSSR count). The van der Waals surface area contributed by atoms with E-state index < -0.39 is 22.2 Å². The number of hydrogen-bond donors (Lipinski definition) is 0. The van der Waals surface area contributed by atoms with E-state index in [4.69, 9.17) is 14.6 Å². The van der Waals surface area contributed by atoms with Crippen LogP contribution in [0.4, 0.5) is 0 Å². The summed E-state index contributed by atoms with van der Waals surface area (Å²) >= 11 is 0. The Morgan fingerprint density at radius 2 is 1.95 bits per heavy atom. The Kier molecular flexibility index (Phi) is 5.36. The van der Waals surface area contributed by atoms with Gasteiger partial charge in [0.15, 0.2) is 10.3 Å². The Morgan fingerprint density at radius 1 is 1.29 bits per heavy atom. The summed E-state index contributed by atoms with van der Waals surface area (Å²) < 4.78 is 38.2. The molecule has 8 heteroatoms. The zero-order chi connectivity index (χ0) is 14.2. The van der Waals surface area contributed by atoms with Gasteiger partial charge in [-0.15, -0.1) is 0 Å². The van der Waals surface area contributed by atoms with Crippen LogP contribution in [0.3, 0.4) is 0 Å². The molecular formula is C13H16NNaO5S. The molecule has 1 aliphatic heterocycles. The zero-order valence-corrected chi connectivity index (χ0v) is 14.7. The summed E-state index contributed by atoms with van der Waals surface area (Å²) in [5.74, 6) is 0.0328. The van der Waals surface area contributed by atoms with Gasteiger partial charge in [0, 0.05) is 18.4 Å². The molecule has 2 aliphatic rings. The quantitative estimate of drug-likeness (QED) is 0.715. The van der Waals surface area contributed by atoms with Crippen LogP contribution in [-0.4, -0.2) is 20.8 Å². The van der Waals surface area contributed by atoms with Crippen molar-refractivity contribution in [3.8, 4) is 5.75 Å². The van der Waals surface area contributed by atoms with Gasteiger partial charge in [-0.2, -0.15) is 0 Å². The standard InChI is InChI=1S/C13H16NO5S.Na/c14-20(15,16)17-9-12-10-5-1-2-6-11(10)18-13(19-12)7-3-4-8-13;/h1-2,5-6,12H,3-4,7-9H2,(H-,14,15,16);/q-1;+1/t12-;/m0./s1.